The van der Waals surface area contributed by atoms with Crippen molar-refractivity contribution >= 4 is 27.6 Å². The van der Waals surface area contributed by atoms with Crippen molar-refractivity contribution in [2.24, 2.45) is 5.92 Å². The first-order valence-corrected chi connectivity index (χ1v) is 7.81. The van der Waals surface area contributed by atoms with Crippen molar-refractivity contribution < 1.29 is 23.4 Å². The first-order chi connectivity index (χ1) is 9.32. The molecule has 0 radical (unpaired) electrons. The summed E-state index contributed by atoms with van der Waals surface area (Å²) in [5, 5.41) is 18.9. The molecule has 1 fully saturated rings. The fraction of sp³-hybridized carbons (Fsp3) is 0.417. The summed E-state index contributed by atoms with van der Waals surface area (Å²) in [5.41, 5.74) is 0. The number of hydrogen-bond donors (Lipinski definition) is 2. The maximum absolute atomic E-state index is 12.4. The first-order valence-electron chi connectivity index (χ1n) is 5.99. The minimum atomic E-state index is -3.80. The zero-order chi connectivity index (χ0) is 14.9. The Labute approximate surface area is 121 Å². The summed E-state index contributed by atoms with van der Waals surface area (Å²) in [6.45, 7) is -0.162. The zero-order valence-electron chi connectivity index (χ0n) is 10.4. The lowest BCUT2D eigenvalue weighted by Crippen LogP contribution is -2.48. The fourth-order valence-corrected chi connectivity index (χ4v) is 3.93. The smallest absolute Gasteiger partial charge is 0.310 e. The molecule has 8 heteroatoms. The van der Waals surface area contributed by atoms with Gasteiger partial charge in [-0.15, -0.1) is 0 Å². The number of piperidine rings is 1. The van der Waals surface area contributed by atoms with Gasteiger partial charge in [0.15, 0.2) is 0 Å². The Morgan fingerprint density at radius 1 is 1.40 bits per heavy atom. The van der Waals surface area contributed by atoms with Crippen LogP contribution in [0.5, 0.6) is 0 Å². The predicted octanol–water partition coefficient (Wildman–Crippen LogP) is 0.796. The van der Waals surface area contributed by atoms with E-state index in [1.54, 1.807) is 6.07 Å². The van der Waals surface area contributed by atoms with Gasteiger partial charge in [-0.25, -0.2) is 8.42 Å². The standard InChI is InChI=1S/C12H14ClNO5S/c13-8-2-1-3-9(6-8)20(18,19)14-5-4-11(15)10(7-14)12(16)17/h1-3,6,10-11,15H,4-5,7H2,(H,16,17)/t10-,11-/m0/s1. The molecule has 0 aliphatic carbocycles. The minimum absolute atomic E-state index is 0.0190. The van der Waals surface area contributed by atoms with E-state index in [2.05, 4.69) is 0 Å². The lowest BCUT2D eigenvalue weighted by molar-refractivity contribution is -0.147. The maximum atomic E-state index is 12.4. The average molecular weight is 320 g/mol. The van der Waals surface area contributed by atoms with E-state index < -0.39 is 28.0 Å². The van der Waals surface area contributed by atoms with E-state index in [1.807, 2.05) is 0 Å². The molecule has 0 aromatic heterocycles. The van der Waals surface area contributed by atoms with Crippen LogP contribution in [0.25, 0.3) is 0 Å². The van der Waals surface area contributed by atoms with Gasteiger partial charge >= 0.3 is 5.97 Å². The second-order valence-electron chi connectivity index (χ2n) is 4.62. The van der Waals surface area contributed by atoms with Gasteiger partial charge in [-0.3, -0.25) is 4.79 Å². The van der Waals surface area contributed by atoms with Gasteiger partial charge in [0, 0.05) is 18.1 Å². The molecule has 110 valence electrons. The number of nitrogens with zero attached hydrogens (tertiary/aromatic N) is 1. The number of carbonyl (C=O) groups is 1. The van der Waals surface area contributed by atoms with Gasteiger partial charge in [0.25, 0.3) is 0 Å². The Morgan fingerprint density at radius 2 is 2.10 bits per heavy atom. The van der Waals surface area contributed by atoms with Crippen molar-refractivity contribution in [2.75, 3.05) is 13.1 Å². The second-order valence-corrected chi connectivity index (χ2v) is 7.00. The van der Waals surface area contributed by atoms with Crippen molar-refractivity contribution in [3.63, 3.8) is 0 Å². The molecule has 1 heterocycles. The van der Waals surface area contributed by atoms with Crippen molar-refractivity contribution in [1.29, 1.82) is 0 Å². The van der Waals surface area contributed by atoms with Crippen molar-refractivity contribution in [1.82, 2.24) is 4.31 Å². The Balaban J connectivity index is 2.29. The molecule has 2 N–H and O–H groups in total. The largest absolute Gasteiger partial charge is 0.481 e. The third-order valence-electron chi connectivity index (χ3n) is 3.29. The highest BCUT2D eigenvalue weighted by atomic mass is 35.5. The molecule has 2 rings (SSSR count). The molecule has 1 aliphatic rings. The number of halogens is 1. The molecule has 20 heavy (non-hydrogen) atoms. The van der Waals surface area contributed by atoms with Crippen molar-refractivity contribution in [3.8, 4) is 0 Å². The number of rotatable bonds is 3. The molecular weight excluding hydrogens is 306 g/mol. The molecule has 1 saturated heterocycles. The Bertz CT molecular complexity index is 618. The highest BCUT2D eigenvalue weighted by Crippen LogP contribution is 2.25. The summed E-state index contributed by atoms with van der Waals surface area (Å²) in [6.07, 6.45) is -0.935. The van der Waals surface area contributed by atoms with Crippen LogP contribution in [0.15, 0.2) is 29.2 Å². The second kappa shape index (κ2) is 5.69. The van der Waals surface area contributed by atoms with Crippen LogP contribution in [0.2, 0.25) is 5.02 Å². The van der Waals surface area contributed by atoms with Gasteiger partial charge in [-0.05, 0) is 24.6 Å². The van der Waals surface area contributed by atoms with E-state index in [0.29, 0.717) is 0 Å². The number of carboxylic acid groups (broad SMARTS) is 1. The molecule has 0 amide bonds. The number of aliphatic carboxylic acids is 1. The monoisotopic (exact) mass is 319 g/mol. The molecule has 6 nitrogen and oxygen atoms in total. The normalized spacial score (nSPS) is 24.5. The van der Waals surface area contributed by atoms with E-state index in [1.165, 1.54) is 18.2 Å². The molecule has 0 unspecified atom stereocenters. The van der Waals surface area contributed by atoms with Gasteiger partial charge in [-0.1, -0.05) is 17.7 Å². The molecular formula is C12H14ClNO5S. The van der Waals surface area contributed by atoms with Crippen LogP contribution in [0.3, 0.4) is 0 Å². The van der Waals surface area contributed by atoms with Gasteiger partial charge in [0.05, 0.1) is 16.9 Å². The molecule has 0 saturated carbocycles. The average Bonchev–Trinajstić information content (AvgIpc) is 2.38. The van der Waals surface area contributed by atoms with E-state index in [9.17, 15) is 18.3 Å². The van der Waals surface area contributed by atoms with E-state index >= 15 is 0 Å². The third-order valence-corrected chi connectivity index (χ3v) is 5.39. The molecule has 1 aromatic carbocycles. The molecule has 1 aromatic rings. The summed E-state index contributed by atoms with van der Waals surface area (Å²) < 4.78 is 25.9. The van der Waals surface area contributed by atoms with Crippen molar-refractivity contribution in [3.05, 3.63) is 29.3 Å². The van der Waals surface area contributed by atoms with Crippen LogP contribution < -0.4 is 0 Å². The number of hydrogen-bond acceptors (Lipinski definition) is 4. The number of sulfonamides is 1. The van der Waals surface area contributed by atoms with Crippen LogP contribution in [-0.4, -0.2) is 48.1 Å². The van der Waals surface area contributed by atoms with E-state index in [-0.39, 0.29) is 29.4 Å². The molecule has 0 spiro atoms. The molecule has 2 atom stereocenters. The third kappa shape index (κ3) is 2.95. The SMILES string of the molecule is O=C(O)[C@H]1CN(S(=O)(=O)c2cccc(Cl)c2)CC[C@@H]1O. The van der Waals surface area contributed by atoms with Gasteiger partial charge in [0.1, 0.15) is 0 Å². The van der Waals surface area contributed by atoms with Crippen LogP contribution in [0, 0.1) is 5.92 Å². The number of aliphatic hydroxyl groups excluding tert-OH is 1. The fourth-order valence-electron chi connectivity index (χ4n) is 2.15. The zero-order valence-corrected chi connectivity index (χ0v) is 12.0. The summed E-state index contributed by atoms with van der Waals surface area (Å²) in [7, 11) is -3.80. The van der Waals surface area contributed by atoms with Gasteiger partial charge in [0.2, 0.25) is 10.0 Å². The minimum Gasteiger partial charge on any atom is -0.481 e. The lowest BCUT2D eigenvalue weighted by atomic mass is 9.96. The summed E-state index contributed by atoms with van der Waals surface area (Å²) in [6, 6.07) is 5.79. The number of aliphatic hydroxyl groups is 1. The Morgan fingerprint density at radius 3 is 2.70 bits per heavy atom. The molecule has 1 aliphatic heterocycles. The Kier molecular flexibility index (Phi) is 4.33. The molecule has 0 bridgehead atoms. The van der Waals surface area contributed by atoms with Crippen molar-refractivity contribution in [2.45, 2.75) is 17.4 Å². The van der Waals surface area contributed by atoms with Crippen LogP contribution in [0.1, 0.15) is 6.42 Å². The lowest BCUT2D eigenvalue weighted by Gasteiger charge is -2.33. The Hall–Kier alpha value is -1.15. The van der Waals surface area contributed by atoms with Gasteiger partial charge < -0.3 is 10.2 Å². The summed E-state index contributed by atoms with van der Waals surface area (Å²) in [4.78, 5) is 11.0. The van der Waals surface area contributed by atoms with E-state index in [4.69, 9.17) is 16.7 Å². The highest BCUT2D eigenvalue weighted by Gasteiger charge is 2.38. The van der Waals surface area contributed by atoms with Crippen LogP contribution in [-0.2, 0) is 14.8 Å². The number of carboxylic acids is 1. The van der Waals surface area contributed by atoms with E-state index in [0.717, 1.165) is 4.31 Å². The quantitative estimate of drug-likeness (QED) is 0.859. The predicted molar refractivity (Wildman–Crippen MR) is 72.0 cm³/mol. The summed E-state index contributed by atoms with van der Waals surface area (Å²) in [5.74, 6) is -2.32. The number of benzene rings is 1. The maximum Gasteiger partial charge on any atom is 0.310 e. The first kappa shape index (κ1) is 15.2. The van der Waals surface area contributed by atoms with Crippen LogP contribution in [0.4, 0.5) is 0 Å². The summed E-state index contributed by atoms with van der Waals surface area (Å²) >= 11 is 5.78. The van der Waals surface area contributed by atoms with Crippen LogP contribution >= 0.6 is 11.6 Å². The highest BCUT2D eigenvalue weighted by molar-refractivity contribution is 7.89. The topological polar surface area (TPSA) is 94.9 Å². The van der Waals surface area contributed by atoms with Gasteiger partial charge in [-0.2, -0.15) is 4.31 Å².